The van der Waals surface area contributed by atoms with Crippen LogP contribution in [0.15, 0.2) is 42.5 Å². The number of halogens is 3. The fraction of sp³-hybridized carbons (Fsp3) is 0.484. The lowest BCUT2D eigenvalue weighted by Crippen LogP contribution is -2.47. The maximum absolute atomic E-state index is 12.8. The highest BCUT2D eigenvalue weighted by atomic mass is 35.5. The summed E-state index contributed by atoms with van der Waals surface area (Å²) >= 11 is 18.9. The van der Waals surface area contributed by atoms with Crippen molar-refractivity contribution in [3.05, 3.63) is 68.8 Å². The zero-order valence-corrected chi connectivity index (χ0v) is 24.5. The van der Waals surface area contributed by atoms with E-state index in [0.717, 1.165) is 52.5 Å². The topological polar surface area (TPSA) is 59.0 Å². The van der Waals surface area contributed by atoms with Crippen molar-refractivity contribution >= 4 is 40.7 Å². The molecule has 4 fully saturated rings. The second-order valence-electron chi connectivity index (χ2n) is 12.1. The van der Waals surface area contributed by atoms with Crippen molar-refractivity contribution in [2.75, 3.05) is 13.1 Å². The van der Waals surface area contributed by atoms with Gasteiger partial charge in [0.05, 0.1) is 35.2 Å². The number of carbonyl (C=O) groups excluding carboxylic acids is 1. The fourth-order valence-corrected chi connectivity index (χ4v) is 8.49. The van der Waals surface area contributed by atoms with Gasteiger partial charge in [-0.3, -0.25) is 4.79 Å². The summed E-state index contributed by atoms with van der Waals surface area (Å²) in [5.41, 5.74) is 4.86. The SMILES string of the molecule is Cc1c(CNC(=O)CNCCC23CC4CC(CC(C4)C2)C3)nn(-c2ccc(Cl)cc2Cl)c1-c1ccc(Cl)cc1. The molecule has 4 saturated carbocycles. The van der Waals surface area contributed by atoms with Crippen LogP contribution in [0.1, 0.15) is 56.2 Å². The number of aromatic nitrogens is 2. The molecule has 2 aromatic carbocycles. The van der Waals surface area contributed by atoms with Crippen LogP contribution in [0.3, 0.4) is 0 Å². The molecule has 1 heterocycles. The van der Waals surface area contributed by atoms with Gasteiger partial charge in [0.2, 0.25) is 5.91 Å². The zero-order chi connectivity index (χ0) is 27.1. The molecule has 0 spiro atoms. The summed E-state index contributed by atoms with van der Waals surface area (Å²) in [6.07, 6.45) is 9.81. The van der Waals surface area contributed by atoms with Crippen molar-refractivity contribution < 1.29 is 4.79 Å². The second kappa shape index (κ2) is 11.1. The average molecular weight is 586 g/mol. The Morgan fingerprint density at radius 3 is 2.26 bits per heavy atom. The third kappa shape index (κ3) is 5.74. The molecule has 0 radical (unpaired) electrons. The average Bonchev–Trinajstić information content (AvgIpc) is 3.20. The number of hydrogen-bond donors (Lipinski definition) is 2. The number of hydrogen-bond acceptors (Lipinski definition) is 3. The van der Waals surface area contributed by atoms with Crippen LogP contribution < -0.4 is 10.6 Å². The lowest BCUT2D eigenvalue weighted by Gasteiger charge is -2.57. The largest absolute Gasteiger partial charge is 0.349 e. The first kappa shape index (κ1) is 27.1. The highest BCUT2D eigenvalue weighted by Crippen LogP contribution is 2.61. The fourth-order valence-electron chi connectivity index (χ4n) is 7.88. The van der Waals surface area contributed by atoms with Crippen molar-refractivity contribution in [1.82, 2.24) is 20.4 Å². The van der Waals surface area contributed by atoms with Gasteiger partial charge in [0.25, 0.3) is 0 Å². The Bertz CT molecular complexity index is 1330. The Balaban J connectivity index is 1.10. The predicted octanol–water partition coefficient (Wildman–Crippen LogP) is 7.62. The van der Waals surface area contributed by atoms with Gasteiger partial charge in [0.1, 0.15) is 0 Å². The van der Waals surface area contributed by atoms with Crippen LogP contribution >= 0.6 is 34.8 Å². The molecule has 5 nitrogen and oxygen atoms in total. The summed E-state index contributed by atoms with van der Waals surface area (Å²) in [7, 11) is 0. The van der Waals surface area contributed by atoms with Gasteiger partial charge in [0, 0.05) is 21.2 Å². The highest BCUT2D eigenvalue weighted by molar-refractivity contribution is 6.35. The molecular weight excluding hydrogens is 551 g/mol. The van der Waals surface area contributed by atoms with Gasteiger partial charge in [-0.15, -0.1) is 0 Å². The zero-order valence-electron chi connectivity index (χ0n) is 22.3. The van der Waals surface area contributed by atoms with Crippen molar-refractivity contribution in [1.29, 1.82) is 0 Å². The van der Waals surface area contributed by atoms with E-state index < -0.39 is 0 Å². The number of carbonyl (C=O) groups is 1. The molecule has 1 aromatic heterocycles. The Labute approximate surface area is 245 Å². The Kier molecular flexibility index (Phi) is 7.71. The number of rotatable bonds is 9. The molecule has 4 aliphatic carbocycles. The quantitative estimate of drug-likeness (QED) is 0.254. The molecule has 4 aliphatic rings. The van der Waals surface area contributed by atoms with Crippen LogP contribution in [0.5, 0.6) is 0 Å². The molecule has 0 atom stereocenters. The third-order valence-corrected chi connectivity index (χ3v) is 10.0. The smallest absolute Gasteiger partial charge is 0.234 e. The molecule has 8 heteroatoms. The lowest BCUT2D eigenvalue weighted by atomic mass is 9.49. The number of nitrogens with zero attached hydrogens (tertiary/aromatic N) is 2. The summed E-state index contributed by atoms with van der Waals surface area (Å²) in [6, 6.07) is 13.0. The van der Waals surface area contributed by atoms with Gasteiger partial charge in [0.15, 0.2) is 0 Å². The summed E-state index contributed by atoms with van der Waals surface area (Å²) in [5, 5.41) is 13.1. The predicted molar refractivity (Wildman–Crippen MR) is 159 cm³/mol. The second-order valence-corrected chi connectivity index (χ2v) is 13.3. The van der Waals surface area contributed by atoms with E-state index >= 15 is 0 Å². The Hall–Kier alpha value is -2.05. The van der Waals surface area contributed by atoms with Crippen molar-refractivity contribution in [3.63, 3.8) is 0 Å². The van der Waals surface area contributed by atoms with Crippen molar-refractivity contribution in [2.24, 2.45) is 23.2 Å². The van der Waals surface area contributed by atoms with Crippen LogP contribution in [0.25, 0.3) is 16.9 Å². The van der Waals surface area contributed by atoms with Gasteiger partial charge in [-0.1, -0.05) is 46.9 Å². The molecule has 4 bridgehead atoms. The molecular formula is C31H35Cl3N4O. The van der Waals surface area contributed by atoms with Crippen LogP contribution in [-0.2, 0) is 11.3 Å². The van der Waals surface area contributed by atoms with Crippen molar-refractivity contribution in [2.45, 2.75) is 58.4 Å². The summed E-state index contributed by atoms with van der Waals surface area (Å²) in [6.45, 7) is 3.57. The first-order valence-electron chi connectivity index (χ1n) is 14.1. The summed E-state index contributed by atoms with van der Waals surface area (Å²) in [4.78, 5) is 12.8. The summed E-state index contributed by atoms with van der Waals surface area (Å²) < 4.78 is 1.82. The van der Waals surface area contributed by atoms with E-state index in [1.54, 1.807) is 12.1 Å². The molecule has 2 N–H and O–H groups in total. The maximum Gasteiger partial charge on any atom is 0.234 e. The first-order valence-corrected chi connectivity index (χ1v) is 15.2. The standard InChI is InChI=1S/C31H35Cl3N4O/c1-19-27(17-36-29(39)18-35-9-8-31-14-20-10-21(15-31)12-22(11-20)16-31)37-38(28-7-6-25(33)13-26(28)34)30(19)23-2-4-24(32)5-3-23/h2-7,13,20-22,35H,8-12,14-18H2,1H3,(H,36,39). The molecule has 39 heavy (non-hydrogen) atoms. The van der Waals surface area contributed by atoms with Gasteiger partial charge < -0.3 is 10.6 Å². The highest BCUT2D eigenvalue weighted by Gasteiger charge is 2.50. The van der Waals surface area contributed by atoms with Crippen LogP contribution in [0, 0.1) is 30.1 Å². The minimum absolute atomic E-state index is 0.0213. The van der Waals surface area contributed by atoms with Crippen LogP contribution in [-0.4, -0.2) is 28.8 Å². The Morgan fingerprint density at radius 1 is 0.974 bits per heavy atom. The normalized spacial score (nSPS) is 25.3. The molecule has 0 aliphatic heterocycles. The summed E-state index contributed by atoms with van der Waals surface area (Å²) in [5.74, 6) is 2.86. The molecule has 0 saturated heterocycles. The minimum Gasteiger partial charge on any atom is -0.349 e. The van der Waals surface area contributed by atoms with E-state index in [-0.39, 0.29) is 5.91 Å². The van der Waals surface area contributed by atoms with E-state index in [1.807, 2.05) is 41.9 Å². The molecule has 7 rings (SSSR count). The van der Waals surface area contributed by atoms with Gasteiger partial charge in [-0.25, -0.2) is 4.68 Å². The Morgan fingerprint density at radius 2 is 1.62 bits per heavy atom. The van der Waals surface area contributed by atoms with Crippen molar-refractivity contribution in [3.8, 4) is 16.9 Å². The molecule has 1 amide bonds. The molecule has 3 aromatic rings. The number of amides is 1. The maximum atomic E-state index is 12.8. The number of benzene rings is 2. The van der Waals surface area contributed by atoms with E-state index in [1.165, 1.54) is 44.9 Å². The van der Waals surface area contributed by atoms with Crippen LogP contribution in [0.2, 0.25) is 15.1 Å². The van der Waals surface area contributed by atoms with E-state index in [9.17, 15) is 4.79 Å². The van der Waals surface area contributed by atoms with Gasteiger partial charge in [-0.05, 0) is 112 Å². The third-order valence-electron chi connectivity index (χ3n) is 9.21. The first-order chi connectivity index (χ1) is 18.8. The molecule has 206 valence electrons. The van der Waals surface area contributed by atoms with Crippen LogP contribution in [0.4, 0.5) is 0 Å². The van der Waals surface area contributed by atoms with E-state index in [2.05, 4.69) is 10.6 Å². The van der Waals surface area contributed by atoms with Gasteiger partial charge in [-0.2, -0.15) is 5.10 Å². The lowest BCUT2D eigenvalue weighted by molar-refractivity contribution is -0.120. The monoisotopic (exact) mass is 584 g/mol. The molecule has 0 unspecified atom stereocenters. The minimum atomic E-state index is -0.0213. The van der Waals surface area contributed by atoms with E-state index in [0.29, 0.717) is 33.6 Å². The van der Waals surface area contributed by atoms with E-state index in [4.69, 9.17) is 39.9 Å². The number of nitrogens with one attached hydrogen (secondary N) is 2. The van der Waals surface area contributed by atoms with Gasteiger partial charge >= 0.3 is 0 Å².